The van der Waals surface area contributed by atoms with E-state index in [0.29, 0.717) is 0 Å². The van der Waals surface area contributed by atoms with Crippen molar-refractivity contribution in [1.82, 2.24) is 4.98 Å². The number of hydrogen-bond donors (Lipinski definition) is 1. The summed E-state index contributed by atoms with van der Waals surface area (Å²) in [5.41, 5.74) is 8.70. The lowest BCUT2D eigenvalue weighted by Gasteiger charge is -2.34. The first-order valence-electron chi connectivity index (χ1n) is 6.81. The predicted octanol–water partition coefficient (Wildman–Crippen LogP) is 3.77. The number of thiazole rings is 1. The van der Waals surface area contributed by atoms with Crippen LogP contribution in [0.1, 0.15) is 42.7 Å². The third-order valence-corrected chi connectivity index (χ3v) is 5.46. The molecule has 0 radical (unpaired) electrons. The van der Waals surface area contributed by atoms with Crippen LogP contribution in [0.2, 0.25) is 0 Å². The predicted molar refractivity (Wildman–Crippen MR) is 78.2 cm³/mol. The van der Waals surface area contributed by atoms with E-state index in [1.54, 1.807) is 0 Å². The number of fused-ring (bicyclic) bond motifs is 1. The van der Waals surface area contributed by atoms with Gasteiger partial charge in [0.15, 0.2) is 0 Å². The second-order valence-corrected chi connectivity index (χ2v) is 6.57. The summed E-state index contributed by atoms with van der Waals surface area (Å²) in [6, 6.07) is 6.52. The zero-order valence-electron chi connectivity index (χ0n) is 10.9. The second-order valence-electron chi connectivity index (χ2n) is 5.54. The molecule has 1 saturated carbocycles. The molecule has 0 amide bonds. The molecule has 0 aliphatic heterocycles. The normalized spacial score (nSPS) is 19.2. The Balaban J connectivity index is 2.06. The fraction of sp³-hybridized carbons (Fsp3) is 0.533. The number of nitrogens with zero attached hydrogens (tertiary/aromatic N) is 1. The molecule has 1 aromatic carbocycles. The van der Waals surface area contributed by atoms with Gasteiger partial charge < -0.3 is 5.73 Å². The number of benzene rings is 1. The van der Waals surface area contributed by atoms with Gasteiger partial charge in [0.2, 0.25) is 0 Å². The molecule has 2 N–H and O–H groups in total. The summed E-state index contributed by atoms with van der Waals surface area (Å²) in [6.07, 6.45) is 6.37. The first-order chi connectivity index (χ1) is 8.73. The van der Waals surface area contributed by atoms with E-state index in [1.807, 2.05) is 11.3 Å². The summed E-state index contributed by atoms with van der Waals surface area (Å²) < 4.78 is 1.31. The summed E-state index contributed by atoms with van der Waals surface area (Å²) in [4.78, 5) is 4.86. The number of aryl methyl sites for hydroxylation is 1. The summed E-state index contributed by atoms with van der Waals surface area (Å²) >= 11 is 1.85. The lowest BCUT2D eigenvalue weighted by atomic mass is 9.74. The Morgan fingerprint density at radius 3 is 2.78 bits per heavy atom. The van der Waals surface area contributed by atoms with Crippen molar-refractivity contribution in [3.8, 4) is 0 Å². The Bertz CT molecular complexity index is 553. The lowest BCUT2D eigenvalue weighted by Crippen LogP contribution is -2.36. The van der Waals surface area contributed by atoms with Gasteiger partial charge >= 0.3 is 0 Å². The monoisotopic (exact) mass is 260 g/mol. The Kier molecular flexibility index (Phi) is 3.12. The highest BCUT2D eigenvalue weighted by Crippen LogP contribution is 2.41. The van der Waals surface area contributed by atoms with Crippen molar-refractivity contribution in [3.63, 3.8) is 0 Å². The van der Waals surface area contributed by atoms with Gasteiger partial charge in [0.05, 0.1) is 10.2 Å². The van der Waals surface area contributed by atoms with E-state index in [0.717, 1.165) is 12.1 Å². The Hall–Kier alpha value is -0.930. The minimum absolute atomic E-state index is 0.163. The van der Waals surface area contributed by atoms with E-state index in [4.69, 9.17) is 10.7 Å². The second kappa shape index (κ2) is 4.63. The molecule has 0 unspecified atom stereocenters. The van der Waals surface area contributed by atoms with Gasteiger partial charge in [-0.05, 0) is 37.5 Å². The van der Waals surface area contributed by atoms with E-state index >= 15 is 0 Å². The van der Waals surface area contributed by atoms with Crippen LogP contribution in [0.3, 0.4) is 0 Å². The number of nitrogens with two attached hydrogens (primary N) is 1. The SMILES string of the molecule is Cc1ccc2nc(C3(CN)CCCCC3)sc2c1. The van der Waals surface area contributed by atoms with Gasteiger partial charge in [-0.15, -0.1) is 11.3 Å². The molecule has 3 rings (SSSR count). The molecule has 2 nitrogen and oxygen atoms in total. The maximum Gasteiger partial charge on any atom is 0.101 e. The van der Waals surface area contributed by atoms with Crippen molar-refractivity contribution in [2.45, 2.75) is 44.4 Å². The highest BCUT2D eigenvalue weighted by Gasteiger charge is 2.35. The Morgan fingerprint density at radius 1 is 1.28 bits per heavy atom. The van der Waals surface area contributed by atoms with Crippen LogP contribution in [0, 0.1) is 6.92 Å². The molecule has 0 spiro atoms. The van der Waals surface area contributed by atoms with Crippen LogP contribution < -0.4 is 5.73 Å². The third-order valence-electron chi connectivity index (χ3n) is 4.20. The van der Waals surface area contributed by atoms with Gasteiger partial charge in [0.25, 0.3) is 0 Å². The fourth-order valence-electron chi connectivity index (χ4n) is 2.99. The molecule has 0 atom stereocenters. The smallest absolute Gasteiger partial charge is 0.101 e. The van der Waals surface area contributed by atoms with E-state index in [-0.39, 0.29) is 5.41 Å². The summed E-state index contributed by atoms with van der Waals surface area (Å²) in [5, 5.41) is 1.27. The molecule has 0 saturated heterocycles. The van der Waals surface area contributed by atoms with E-state index in [2.05, 4.69) is 25.1 Å². The van der Waals surface area contributed by atoms with Gasteiger partial charge in [-0.1, -0.05) is 25.3 Å². The Labute approximate surface area is 112 Å². The maximum absolute atomic E-state index is 6.09. The van der Waals surface area contributed by atoms with E-state index in [1.165, 1.54) is 47.4 Å². The largest absolute Gasteiger partial charge is 0.329 e. The van der Waals surface area contributed by atoms with Gasteiger partial charge in [-0.25, -0.2) is 4.98 Å². The van der Waals surface area contributed by atoms with Crippen LogP contribution in [-0.2, 0) is 5.41 Å². The molecular weight excluding hydrogens is 240 g/mol. The number of aromatic nitrogens is 1. The van der Waals surface area contributed by atoms with Crippen LogP contribution in [0.15, 0.2) is 18.2 Å². The zero-order chi connectivity index (χ0) is 12.6. The van der Waals surface area contributed by atoms with Crippen LogP contribution in [0.5, 0.6) is 0 Å². The molecule has 1 fully saturated rings. The summed E-state index contributed by atoms with van der Waals surface area (Å²) in [6.45, 7) is 2.88. The quantitative estimate of drug-likeness (QED) is 0.892. The molecule has 1 heterocycles. The molecule has 96 valence electrons. The van der Waals surface area contributed by atoms with Crippen molar-refractivity contribution < 1.29 is 0 Å². The minimum atomic E-state index is 0.163. The van der Waals surface area contributed by atoms with E-state index < -0.39 is 0 Å². The standard InChI is InChI=1S/C15H20N2S/c1-11-5-6-12-13(9-11)18-14(17-12)15(10-16)7-3-2-4-8-15/h5-6,9H,2-4,7-8,10,16H2,1H3. The zero-order valence-corrected chi connectivity index (χ0v) is 11.7. The van der Waals surface area contributed by atoms with Crippen molar-refractivity contribution in [2.75, 3.05) is 6.54 Å². The first kappa shape index (κ1) is 12.1. The first-order valence-corrected chi connectivity index (χ1v) is 7.63. The summed E-state index contributed by atoms with van der Waals surface area (Å²) in [5.74, 6) is 0. The number of rotatable bonds is 2. The molecule has 1 aliphatic carbocycles. The molecule has 1 aromatic heterocycles. The molecule has 2 aromatic rings. The van der Waals surface area contributed by atoms with Gasteiger partial charge in [0, 0.05) is 12.0 Å². The highest BCUT2D eigenvalue weighted by molar-refractivity contribution is 7.18. The van der Waals surface area contributed by atoms with E-state index in [9.17, 15) is 0 Å². The Morgan fingerprint density at radius 2 is 2.06 bits per heavy atom. The van der Waals surface area contributed by atoms with Gasteiger partial charge in [-0.3, -0.25) is 0 Å². The van der Waals surface area contributed by atoms with Crippen molar-refractivity contribution in [3.05, 3.63) is 28.8 Å². The van der Waals surface area contributed by atoms with Crippen LogP contribution in [0.25, 0.3) is 10.2 Å². The molecule has 18 heavy (non-hydrogen) atoms. The summed E-state index contributed by atoms with van der Waals surface area (Å²) in [7, 11) is 0. The third kappa shape index (κ3) is 1.95. The van der Waals surface area contributed by atoms with Crippen LogP contribution in [0.4, 0.5) is 0 Å². The molecule has 0 bridgehead atoms. The van der Waals surface area contributed by atoms with Crippen LogP contribution >= 0.6 is 11.3 Å². The maximum atomic E-state index is 6.09. The van der Waals surface area contributed by atoms with Gasteiger partial charge in [-0.2, -0.15) is 0 Å². The minimum Gasteiger partial charge on any atom is -0.329 e. The topological polar surface area (TPSA) is 38.9 Å². The lowest BCUT2D eigenvalue weighted by molar-refractivity contribution is 0.300. The fourth-order valence-corrected chi connectivity index (χ4v) is 4.31. The average Bonchev–Trinajstić information content (AvgIpc) is 2.83. The van der Waals surface area contributed by atoms with Crippen molar-refractivity contribution in [2.24, 2.45) is 5.73 Å². The molecule has 3 heteroatoms. The van der Waals surface area contributed by atoms with Crippen LogP contribution in [-0.4, -0.2) is 11.5 Å². The number of hydrogen-bond acceptors (Lipinski definition) is 3. The van der Waals surface area contributed by atoms with Crippen molar-refractivity contribution in [1.29, 1.82) is 0 Å². The highest BCUT2D eigenvalue weighted by atomic mass is 32.1. The van der Waals surface area contributed by atoms with Gasteiger partial charge in [0.1, 0.15) is 5.01 Å². The molecular formula is C15H20N2S. The molecule has 1 aliphatic rings. The van der Waals surface area contributed by atoms with Crippen molar-refractivity contribution >= 4 is 21.6 Å². The average molecular weight is 260 g/mol.